The third-order valence-electron chi connectivity index (χ3n) is 3.26. The van der Waals surface area contributed by atoms with E-state index in [0.29, 0.717) is 5.78 Å². The third kappa shape index (κ3) is 1.90. The molecule has 1 saturated heterocycles. The summed E-state index contributed by atoms with van der Waals surface area (Å²) in [5.41, 5.74) is 0.689. The van der Waals surface area contributed by atoms with E-state index in [2.05, 4.69) is 28.2 Å². The molecule has 1 aromatic rings. The molecule has 0 radical (unpaired) electrons. The normalized spacial score (nSPS) is 25.7. The second-order valence-electron chi connectivity index (χ2n) is 4.02. The second kappa shape index (κ2) is 4.36. The number of carbonyl (C=O) groups is 1. The van der Waals surface area contributed by atoms with Gasteiger partial charge in [0.05, 0.1) is 0 Å². The van der Waals surface area contributed by atoms with Crippen molar-refractivity contribution in [1.82, 2.24) is 5.32 Å². The van der Waals surface area contributed by atoms with Crippen LogP contribution in [0.5, 0.6) is 0 Å². The largest absolute Gasteiger partial charge is 0.316 e. The van der Waals surface area contributed by atoms with E-state index in [-0.39, 0.29) is 5.41 Å². The minimum Gasteiger partial charge on any atom is -0.316 e. The summed E-state index contributed by atoms with van der Waals surface area (Å²) in [6.45, 7) is 3.89. The predicted molar refractivity (Wildman–Crippen MR) is 66.6 cm³/mol. The van der Waals surface area contributed by atoms with E-state index in [0.717, 1.165) is 36.0 Å². The van der Waals surface area contributed by atoms with E-state index in [1.807, 2.05) is 10.8 Å². The topological polar surface area (TPSA) is 29.1 Å². The average molecular weight is 288 g/mol. The van der Waals surface area contributed by atoms with Gasteiger partial charge in [-0.1, -0.05) is 6.92 Å². The number of rotatable bonds is 3. The van der Waals surface area contributed by atoms with Gasteiger partial charge in [0, 0.05) is 32.8 Å². The highest BCUT2D eigenvalue weighted by molar-refractivity contribution is 9.10. The molecule has 0 saturated carbocycles. The van der Waals surface area contributed by atoms with E-state index >= 15 is 0 Å². The molecule has 4 heteroatoms. The van der Waals surface area contributed by atoms with Crippen LogP contribution in [0.25, 0.3) is 0 Å². The Balaban J connectivity index is 2.30. The van der Waals surface area contributed by atoms with Crippen LogP contribution in [-0.2, 0) is 0 Å². The number of carbonyl (C=O) groups excluding carboxylic acids is 1. The lowest BCUT2D eigenvalue weighted by molar-refractivity contribution is 0.0810. The molecule has 15 heavy (non-hydrogen) atoms. The molecule has 2 heterocycles. The van der Waals surface area contributed by atoms with Gasteiger partial charge in [0.2, 0.25) is 0 Å². The summed E-state index contributed by atoms with van der Waals surface area (Å²) in [5, 5.41) is 7.21. The molecular weight excluding hydrogens is 274 g/mol. The first-order valence-corrected chi connectivity index (χ1v) is 6.90. The van der Waals surface area contributed by atoms with Crippen molar-refractivity contribution in [3.05, 3.63) is 20.8 Å². The fourth-order valence-corrected chi connectivity index (χ4v) is 3.58. The van der Waals surface area contributed by atoms with Gasteiger partial charge >= 0.3 is 0 Å². The molecule has 2 rings (SSSR count). The fourth-order valence-electron chi connectivity index (χ4n) is 2.13. The van der Waals surface area contributed by atoms with Crippen LogP contribution in [-0.4, -0.2) is 18.9 Å². The molecule has 1 aliphatic heterocycles. The van der Waals surface area contributed by atoms with Crippen molar-refractivity contribution in [2.24, 2.45) is 5.41 Å². The molecule has 0 amide bonds. The van der Waals surface area contributed by atoms with Crippen molar-refractivity contribution in [1.29, 1.82) is 0 Å². The lowest BCUT2D eigenvalue weighted by Crippen LogP contribution is -2.32. The number of hydrogen-bond acceptors (Lipinski definition) is 3. The number of Topliss-reactive ketones (excluding diaryl/α,β-unsaturated/α-hetero) is 1. The Morgan fingerprint density at radius 2 is 2.47 bits per heavy atom. The molecular formula is C11H14BrNOS. The summed E-state index contributed by atoms with van der Waals surface area (Å²) in [7, 11) is 0. The zero-order valence-corrected chi connectivity index (χ0v) is 11.1. The first-order chi connectivity index (χ1) is 7.19. The maximum absolute atomic E-state index is 12.4. The van der Waals surface area contributed by atoms with Crippen LogP contribution in [0, 0.1) is 5.41 Å². The van der Waals surface area contributed by atoms with Crippen LogP contribution in [0.1, 0.15) is 30.1 Å². The number of ketones is 1. The van der Waals surface area contributed by atoms with Crippen molar-refractivity contribution in [2.75, 3.05) is 13.1 Å². The Morgan fingerprint density at radius 1 is 1.67 bits per heavy atom. The highest BCUT2D eigenvalue weighted by atomic mass is 79.9. The van der Waals surface area contributed by atoms with Crippen LogP contribution in [0.3, 0.4) is 0 Å². The smallest absolute Gasteiger partial charge is 0.172 e. The van der Waals surface area contributed by atoms with Gasteiger partial charge in [-0.3, -0.25) is 4.79 Å². The first kappa shape index (κ1) is 11.3. The van der Waals surface area contributed by atoms with Gasteiger partial charge in [-0.05, 0) is 35.3 Å². The van der Waals surface area contributed by atoms with Gasteiger partial charge < -0.3 is 5.32 Å². The Kier molecular flexibility index (Phi) is 3.28. The second-order valence-corrected chi connectivity index (χ2v) is 5.62. The zero-order chi connectivity index (χ0) is 10.9. The van der Waals surface area contributed by atoms with Crippen molar-refractivity contribution < 1.29 is 4.79 Å². The molecule has 82 valence electrons. The SMILES string of the molecule is CCC1(C(=O)c2cscc2Br)CCNC1. The van der Waals surface area contributed by atoms with Gasteiger partial charge in [-0.2, -0.15) is 11.3 Å². The van der Waals surface area contributed by atoms with Gasteiger partial charge in [0.15, 0.2) is 5.78 Å². The summed E-state index contributed by atoms with van der Waals surface area (Å²) >= 11 is 5.01. The predicted octanol–water partition coefficient (Wildman–Crippen LogP) is 3.08. The summed E-state index contributed by atoms with van der Waals surface area (Å²) in [6.07, 6.45) is 1.88. The molecule has 1 unspecified atom stereocenters. The number of hydrogen-bond donors (Lipinski definition) is 1. The Bertz CT molecular complexity index is 368. The molecule has 0 aromatic carbocycles. The van der Waals surface area contributed by atoms with Gasteiger partial charge in [-0.15, -0.1) is 0 Å². The summed E-state index contributed by atoms with van der Waals surface area (Å²) in [6, 6.07) is 0. The summed E-state index contributed by atoms with van der Waals surface area (Å²) in [4.78, 5) is 12.4. The fraction of sp³-hybridized carbons (Fsp3) is 0.545. The highest BCUT2D eigenvalue weighted by Gasteiger charge is 2.40. The first-order valence-electron chi connectivity index (χ1n) is 5.17. The maximum Gasteiger partial charge on any atom is 0.172 e. The average Bonchev–Trinajstić information content (AvgIpc) is 2.86. The highest BCUT2D eigenvalue weighted by Crippen LogP contribution is 2.36. The van der Waals surface area contributed by atoms with Crippen LogP contribution >= 0.6 is 27.3 Å². The number of halogens is 1. The molecule has 1 aliphatic rings. The van der Waals surface area contributed by atoms with E-state index in [1.54, 1.807) is 11.3 Å². The van der Waals surface area contributed by atoms with Crippen molar-refractivity contribution in [3.8, 4) is 0 Å². The summed E-state index contributed by atoms with van der Waals surface area (Å²) < 4.78 is 0.942. The lowest BCUT2D eigenvalue weighted by atomic mass is 9.78. The van der Waals surface area contributed by atoms with E-state index in [9.17, 15) is 4.79 Å². The van der Waals surface area contributed by atoms with Crippen molar-refractivity contribution in [3.63, 3.8) is 0 Å². The molecule has 1 aromatic heterocycles. The van der Waals surface area contributed by atoms with Crippen molar-refractivity contribution in [2.45, 2.75) is 19.8 Å². The molecule has 1 N–H and O–H groups in total. The quantitative estimate of drug-likeness (QED) is 0.866. The van der Waals surface area contributed by atoms with Gasteiger partial charge in [-0.25, -0.2) is 0 Å². The van der Waals surface area contributed by atoms with Crippen LogP contribution in [0.2, 0.25) is 0 Å². The van der Waals surface area contributed by atoms with E-state index < -0.39 is 0 Å². The third-order valence-corrected chi connectivity index (χ3v) is 4.96. The molecule has 0 spiro atoms. The van der Waals surface area contributed by atoms with E-state index in [1.165, 1.54) is 0 Å². The van der Waals surface area contributed by atoms with Crippen LogP contribution in [0.15, 0.2) is 15.2 Å². The molecule has 2 nitrogen and oxygen atoms in total. The molecule has 0 bridgehead atoms. The number of nitrogens with one attached hydrogen (secondary N) is 1. The van der Waals surface area contributed by atoms with Gasteiger partial charge in [0.1, 0.15) is 0 Å². The van der Waals surface area contributed by atoms with Gasteiger partial charge in [0.25, 0.3) is 0 Å². The Labute approximate surface area is 102 Å². The Morgan fingerprint density at radius 3 is 2.93 bits per heavy atom. The maximum atomic E-state index is 12.4. The van der Waals surface area contributed by atoms with Crippen molar-refractivity contribution >= 4 is 33.0 Å². The standard InChI is InChI=1S/C11H14BrNOS/c1-2-11(3-4-13-7-11)10(14)8-5-15-6-9(8)12/h5-6,13H,2-4,7H2,1H3. The minimum atomic E-state index is -0.163. The zero-order valence-electron chi connectivity index (χ0n) is 8.68. The minimum absolute atomic E-state index is 0.163. The van der Waals surface area contributed by atoms with E-state index in [4.69, 9.17) is 0 Å². The lowest BCUT2D eigenvalue weighted by Gasteiger charge is -2.24. The number of thiophene rings is 1. The van der Waals surface area contributed by atoms with Crippen LogP contribution in [0.4, 0.5) is 0 Å². The van der Waals surface area contributed by atoms with Crippen LogP contribution < -0.4 is 5.32 Å². The summed E-state index contributed by atoms with van der Waals surface area (Å²) in [5.74, 6) is 0.295. The Hall–Kier alpha value is -0.190. The monoisotopic (exact) mass is 287 g/mol. The molecule has 0 aliphatic carbocycles. The molecule has 1 atom stereocenters. The molecule has 1 fully saturated rings.